The van der Waals surface area contributed by atoms with Crippen LogP contribution in [0.2, 0.25) is 0 Å². The number of sulfone groups is 1. The van der Waals surface area contributed by atoms with E-state index in [4.69, 9.17) is 11.5 Å². The van der Waals surface area contributed by atoms with Gasteiger partial charge in [0, 0.05) is 11.5 Å². The van der Waals surface area contributed by atoms with E-state index < -0.39 is 20.5 Å². The standard InChI is InChI=1S/C14H19N3O3S/c1-7-5-10-8(2)14(3,4)21(19,20)11(10)6-9(7)12(18)17-13(15)16/h5-6,8H,1-4H3,(H4,15,16,17,18). The molecule has 1 unspecified atom stereocenters. The van der Waals surface area contributed by atoms with E-state index in [1.54, 1.807) is 26.8 Å². The lowest BCUT2D eigenvalue weighted by Gasteiger charge is -2.22. The van der Waals surface area contributed by atoms with Crippen LogP contribution in [0.4, 0.5) is 0 Å². The number of benzene rings is 1. The second-order valence-corrected chi connectivity index (χ2v) is 8.37. The number of hydrogen-bond donors (Lipinski definition) is 2. The summed E-state index contributed by atoms with van der Waals surface area (Å²) in [4.78, 5) is 15.7. The largest absolute Gasteiger partial charge is 0.370 e. The van der Waals surface area contributed by atoms with Gasteiger partial charge in [-0.2, -0.15) is 4.99 Å². The molecule has 0 aromatic heterocycles. The Bertz CT molecular complexity index is 760. The molecule has 0 spiro atoms. The van der Waals surface area contributed by atoms with Crippen LogP contribution in [0, 0.1) is 6.92 Å². The molecule has 1 aliphatic heterocycles. The third-order valence-corrected chi connectivity index (χ3v) is 6.98. The maximum absolute atomic E-state index is 12.6. The second-order valence-electron chi connectivity index (χ2n) is 5.88. The topological polar surface area (TPSA) is 116 Å². The summed E-state index contributed by atoms with van der Waals surface area (Å²) in [6, 6.07) is 3.13. The lowest BCUT2D eigenvalue weighted by molar-refractivity contribution is 0.100. The van der Waals surface area contributed by atoms with Crippen LogP contribution in [0.15, 0.2) is 22.0 Å². The summed E-state index contributed by atoms with van der Waals surface area (Å²) in [6.45, 7) is 7.00. The van der Waals surface area contributed by atoms with Gasteiger partial charge in [0.05, 0.1) is 9.64 Å². The molecule has 6 nitrogen and oxygen atoms in total. The third-order valence-electron chi connectivity index (χ3n) is 4.31. The van der Waals surface area contributed by atoms with Crippen molar-refractivity contribution in [1.29, 1.82) is 0 Å². The molecule has 1 atom stereocenters. The van der Waals surface area contributed by atoms with Gasteiger partial charge in [0.2, 0.25) is 0 Å². The van der Waals surface area contributed by atoms with Crippen LogP contribution in [0.1, 0.15) is 48.2 Å². The quantitative estimate of drug-likeness (QED) is 0.595. The van der Waals surface area contributed by atoms with Crippen molar-refractivity contribution >= 4 is 21.7 Å². The third kappa shape index (κ3) is 2.12. The molecule has 4 N–H and O–H groups in total. The number of nitrogens with two attached hydrogens (primary N) is 2. The summed E-state index contributed by atoms with van der Waals surface area (Å²) >= 11 is 0. The SMILES string of the molecule is Cc1cc2c(cc1C(=O)N=C(N)N)S(=O)(=O)C(C)(C)C2C. The Morgan fingerprint density at radius 2 is 1.86 bits per heavy atom. The number of fused-ring (bicyclic) bond motifs is 1. The van der Waals surface area contributed by atoms with Gasteiger partial charge >= 0.3 is 0 Å². The number of hydrogen-bond acceptors (Lipinski definition) is 3. The molecule has 21 heavy (non-hydrogen) atoms. The van der Waals surface area contributed by atoms with Crippen molar-refractivity contribution in [2.45, 2.75) is 43.3 Å². The number of aryl methyl sites for hydroxylation is 1. The second kappa shape index (κ2) is 4.56. The zero-order valence-corrected chi connectivity index (χ0v) is 13.3. The van der Waals surface area contributed by atoms with Crippen molar-refractivity contribution in [3.8, 4) is 0 Å². The molecule has 7 heteroatoms. The van der Waals surface area contributed by atoms with E-state index in [9.17, 15) is 13.2 Å². The highest BCUT2D eigenvalue weighted by molar-refractivity contribution is 7.93. The summed E-state index contributed by atoms with van der Waals surface area (Å²) in [6.07, 6.45) is 0. The van der Waals surface area contributed by atoms with E-state index in [1.807, 2.05) is 6.92 Å². The van der Waals surface area contributed by atoms with Gasteiger partial charge in [-0.05, 0) is 38.0 Å². The maximum Gasteiger partial charge on any atom is 0.280 e. The van der Waals surface area contributed by atoms with Crippen molar-refractivity contribution in [1.82, 2.24) is 0 Å². The van der Waals surface area contributed by atoms with Crippen LogP contribution in [0.3, 0.4) is 0 Å². The number of rotatable bonds is 1. The molecule has 0 saturated carbocycles. The lowest BCUT2D eigenvalue weighted by Crippen LogP contribution is -2.30. The van der Waals surface area contributed by atoms with Gasteiger partial charge in [0.1, 0.15) is 0 Å². The number of guanidine groups is 1. The van der Waals surface area contributed by atoms with Gasteiger partial charge in [0.15, 0.2) is 15.8 Å². The average Bonchev–Trinajstić information content (AvgIpc) is 2.46. The Morgan fingerprint density at radius 1 is 1.29 bits per heavy atom. The molecule has 2 rings (SSSR count). The van der Waals surface area contributed by atoms with Gasteiger partial charge in [-0.1, -0.05) is 13.0 Å². The number of carbonyl (C=O) groups is 1. The van der Waals surface area contributed by atoms with E-state index in [2.05, 4.69) is 4.99 Å². The zero-order chi connectivity index (χ0) is 16.2. The average molecular weight is 309 g/mol. The minimum Gasteiger partial charge on any atom is -0.370 e. The zero-order valence-electron chi connectivity index (χ0n) is 12.5. The fourth-order valence-electron chi connectivity index (χ4n) is 2.58. The van der Waals surface area contributed by atoms with Crippen LogP contribution in [-0.2, 0) is 9.84 Å². The van der Waals surface area contributed by atoms with Crippen LogP contribution in [0.25, 0.3) is 0 Å². The van der Waals surface area contributed by atoms with Gasteiger partial charge in [0.25, 0.3) is 5.91 Å². The Morgan fingerprint density at radius 3 is 2.38 bits per heavy atom. The molecule has 1 heterocycles. The molecule has 1 aromatic rings. The summed E-state index contributed by atoms with van der Waals surface area (Å²) in [5, 5.41) is 0. The predicted molar refractivity (Wildman–Crippen MR) is 81.0 cm³/mol. The normalized spacial score (nSPS) is 21.6. The van der Waals surface area contributed by atoms with E-state index >= 15 is 0 Å². The molecular weight excluding hydrogens is 290 g/mol. The molecule has 1 aromatic carbocycles. The highest BCUT2D eigenvalue weighted by atomic mass is 32.2. The van der Waals surface area contributed by atoms with E-state index in [-0.39, 0.29) is 22.3 Å². The molecule has 1 amide bonds. The number of aliphatic imine (C=N–C) groups is 1. The van der Waals surface area contributed by atoms with Crippen molar-refractivity contribution in [3.05, 3.63) is 28.8 Å². The first-order chi connectivity index (χ1) is 9.50. The van der Waals surface area contributed by atoms with Gasteiger partial charge < -0.3 is 11.5 Å². The Hall–Kier alpha value is -1.89. The fraction of sp³-hybridized carbons (Fsp3) is 0.429. The van der Waals surface area contributed by atoms with Gasteiger partial charge in [-0.3, -0.25) is 4.79 Å². The van der Waals surface area contributed by atoms with Crippen molar-refractivity contribution in [2.24, 2.45) is 16.5 Å². The highest BCUT2D eigenvalue weighted by Crippen LogP contribution is 2.48. The minimum atomic E-state index is -3.50. The first-order valence-electron chi connectivity index (χ1n) is 6.53. The van der Waals surface area contributed by atoms with Crippen LogP contribution >= 0.6 is 0 Å². The van der Waals surface area contributed by atoms with E-state index in [0.717, 1.165) is 5.56 Å². The van der Waals surface area contributed by atoms with Crippen LogP contribution in [-0.4, -0.2) is 25.0 Å². The van der Waals surface area contributed by atoms with Crippen molar-refractivity contribution in [2.75, 3.05) is 0 Å². The summed E-state index contributed by atoms with van der Waals surface area (Å²) < 4.78 is 24.4. The summed E-state index contributed by atoms with van der Waals surface area (Å²) in [5.74, 6) is -1.14. The maximum atomic E-state index is 12.6. The van der Waals surface area contributed by atoms with Gasteiger partial charge in [-0.15, -0.1) is 0 Å². The highest BCUT2D eigenvalue weighted by Gasteiger charge is 2.49. The Kier molecular flexibility index (Phi) is 3.36. The molecule has 0 radical (unpaired) electrons. The van der Waals surface area contributed by atoms with Crippen molar-refractivity contribution in [3.63, 3.8) is 0 Å². The molecule has 0 bridgehead atoms. The molecule has 0 saturated heterocycles. The summed E-state index contributed by atoms with van der Waals surface area (Å²) in [7, 11) is -3.50. The molecule has 0 fully saturated rings. The number of nitrogens with zero attached hydrogens (tertiary/aromatic N) is 1. The number of carbonyl (C=O) groups excluding carboxylic acids is 1. The smallest absolute Gasteiger partial charge is 0.280 e. The first kappa shape index (κ1) is 15.5. The number of amides is 1. The van der Waals surface area contributed by atoms with Crippen molar-refractivity contribution < 1.29 is 13.2 Å². The van der Waals surface area contributed by atoms with Gasteiger partial charge in [-0.25, -0.2) is 8.42 Å². The molecule has 1 aliphatic rings. The Labute approximate surface area is 124 Å². The summed E-state index contributed by atoms with van der Waals surface area (Å²) in [5.41, 5.74) is 12.0. The molecular formula is C14H19N3O3S. The minimum absolute atomic E-state index is 0.150. The molecule has 0 aliphatic carbocycles. The first-order valence-corrected chi connectivity index (χ1v) is 8.01. The van der Waals surface area contributed by atoms with Crippen LogP contribution < -0.4 is 11.5 Å². The molecule has 114 valence electrons. The van der Waals surface area contributed by atoms with E-state index in [1.165, 1.54) is 6.07 Å². The lowest BCUT2D eigenvalue weighted by atomic mass is 9.88. The predicted octanol–water partition coefficient (Wildman–Crippen LogP) is 1.08. The monoisotopic (exact) mass is 309 g/mol. The fourth-order valence-corrected chi connectivity index (χ4v) is 4.56. The Balaban J connectivity index is 2.71. The van der Waals surface area contributed by atoms with E-state index in [0.29, 0.717) is 5.56 Å². The van der Waals surface area contributed by atoms with Crippen LogP contribution in [0.5, 0.6) is 0 Å².